The van der Waals surface area contributed by atoms with E-state index >= 15 is 0 Å². The molecule has 0 saturated carbocycles. The monoisotopic (exact) mass is 543 g/mol. The summed E-state index contributed by atoms with van der Waals surface area (Å²) in [5.74, 6) is 0.712. The molecule has 2 unspecified atom stereocenters. The molecule has 3 aliphatic rings. The molecule has 0 spiro atoms. The van der Waals surface area contributed by atoms with E-state index in [0.29, 0.717) is 24.9 Å². The summed E-state index contributed by atoms with van der Waals surface area (Å²) in [5, 5.41) is 14.1. The van der Waals surface area contributed by atoms with Gasteiger partial charge in [-0.2, -0.15) is 0 Å². The number of aliphatic carboxylic acids is 1. The van der Waals surface area contributed by atoms with Crippen LogP contribution in [0.5, 0.6) is 0 Å². The van der Waals surface area contributed by atoms with Crippen LogP contribution < -0.4 is 29.3 Å². The van der Waals surface area contributed by atoms with Crippen molar-refractivity contribution in [2.45, 2.75) is 78.3 Å². The van der Waals surface area contributed by atoms with Crippen LogP contribution in [0.3, 0.4) is 0 Å². The van der Waals surface area contributed by atoms with Crippen LogP contribution in [-0.4, -0.2) is 65.0 Å². The Morgan fingerprint density at radius 2 is 1.12 bits per heavy atom. The summed E-state index contributed by atoms with van der Waals surface area (Å²) in [7, 11) is 0. The molecule has 5 rings (SSSR count). The predicted octanol–water partition coefficient (Wildman–Crippen LogP) is 1.49. The maximum absolute atomic E-state index is 10.8. The Labute approximate surface area is 254 Å². The minimum Gasteiger partial charge on any atom is -0.550 e. The first kappa shape index (κ1) is 34.4. The maximum atomic E-state index is 10.8. The van der Waals surface area contributed by atoms with Crippen molar-refractivity contribution >= 4 is 5.97 Å². The van der Waals surface area contributed by atoms with Gasteiger partial charge in [-0.15, -0.1) is 0 Å². The van der Waals surface area contributed by atoms with Gasteiger partial charge < -0.3 is 15.2 Å². The fourth-order valence-electron chi connectivity index (χ4n) is 5.61. The fraction of sp³-hybridized carbons (Fsp3) is 0.656. The van der Waals surface area contributed by atoms with Gasteiger partial charge in [0.1, 0.15) is 0 Å². The van der Waals surface area contributed by atoms with Crippen molar-refractivity contribution in [2.75, 3.05) is 39.3 Å². The van der Waals surface area contributed by atoms with Crippen molar-refractivity contribution in [3.63, 3.8) is 0 Å². The van der Waals surface area contributed by atoms with Gasteiger partial charge in [0.2, 0.25) is 0 Å². The molecule has 3 saturated heterocycles. The molecule has 0 bridgehead atoms. The second kappa shape index (κ2) is 18.6. The van der Waals surface area contributed by atoms with Crippen molar-refractivity contribution in [3.05, 3.63) is 60.2 Å². The summed E-state index contributed by atoms with van der Waals surface area (Å²) in [4.78, 5) is 23.7. The number of pyridine rings is 2. The molecule has 3 fully saturated rings. The van der Waals surface area contributed by atoms with E-state index in [9.17, 15) is 9.90 Å². The number of aromatic nitrogens is 2. The number of piperidine rings is 3. The van der Waals surface area contributed by atoms with E-state index in [1.54, 1.807) is 12.4 Å². The number of carboxylic acids is 1. The molecule has 0 radical (unpaired) electrons. The Bertz CT molecular complexity index is 929. The number of carboxylic acid groups (broad SMARTS) is 1. The largest absolute Gasteiger partial charge is 1.00 e. The molecule has 1 N–H and O–H groups in total. The van der Waals surface area contributed by atoms with Crippen molar-refractivity contribution in [1.29, 1.82) is 0 Å². The van der Waals surface area contributed by atoms with E-state index in [1.807, 2.05) is 24.5 Å². The van der Waals surface area contributed by atoms with Crippen molar-refractivity contribution in [1.82, 2.24) is 25.1 Å². The number of carbonyl (C=O) groups is 1. The first-order valence-electron chi connectivity index (χ1n) is 15.0. The first-order valence-corrected chi connectivity index (χ1v) is 15.0. The zero-order valence-electron chi connectivity index (χ0n) is 25.6. The maximum Gasteiger partial charge on any atom is 1.00 e. The molecule has 0 aliphatic carbocycles. The van der Waals surface area contributed by atoms with Gasteiger partial charge in [-0.05, 0) is 139 Å². The van der Waals surface area contributed by atoms with Gasteiger partial charge >= 0.3 is 18.9 Å². The second-order valence-corrected chi connectivity index (χ2v) is 11.7. The SMILES string of the molecule is CC(c1ccncc1)N1CCC(C(=O)[O-])CC1.CC1CCN(C(C)c2ccncc2)CC1.CC1CCNCC1.[Li+]. The molecular formula is C32H50LiN5O2. The Balaban J connectivity index is 0.000000223. The average Bonchev–Trinajstić information content (AvgIpc) is 2.99. The molecule has 2 atom stereocenters. The normalized spacial score (nSPS) is 21.0. The van der Waals surface area contributed by atoms with E-state index < -0.39 is 5.97 Å². The molecular weight excluding hydrogens is 493 g/mol. The third-order valence-corrected chi connectivity index (χ3v) is 8.78. The van der Waals surface area contributed by atoms with Crippen molar-refractivity contribution in [3.8, 4) is 0 Å². The van der Waals surface area contributed by atoms with Crippen LogP contribution in [0.15, 0.2) is 49.1 Å². The number of hydrogen-bond donors (Lipinski definition) is 1. The van der Waals surface area contributed by atoms with Gasteiger partial charge in [0.05, 0.1) is 0 Å². The van der Waals surface area contributed by atoms with Crippen LogP contribution in [0, 0.1) is 17.8 Å². The quantitative estimate of drug-likeness (QED) is 0.572. The number of carbonyl (C=O) groups excluding carboxylic acids is 1. The standard InChI is InChI=1S/C13H18N2O2.C13H20N2.C6H13N.Li/c1-10(11-2-6-14-7-3-11)15-8-4-12(5-9-15)13(16)17;1-11-5-9-15(10-6-11)12(2)13-3-7-14-8-4-13;1-6-2-4-7-5-3-6;/h2-3,6-7,10,12H,4-5,8-9H2,1H3,(H,16,17);3-4,7-8,11-12H,5-6,9-10H2,1-2H3;6-7H,2-5H2,1H3;/q;;;+1/p-1. The second-order valence-electron chi connectivity index (χ2n) is 11.7. The predicted molar refractivity (Wildman–Crippen MR) is 156 cm³/mol. The fourth-order valence-corrected chi connectivity index (χ4v) is 5.61. The number of hydrogen-bond acceptors (Lipinski definition) is 7. The first-order chi connectivity index (χ1) is 18.8. The Morgan fingerprint density at radius 3 is 1.48 bits per heavy atom. The van der Waals surface area contributed by atoms with Crippen molar-refractivity contribution < 1.29 is 28.8 Å². The third kappa shape index (κ3) is 11.6. The summed E-state index contributed by atoms with van der Waals surface area (Å²) >= 11 is 0. The van der Waals surface area contributed by atoms with E-state index in [-0.39, 0.29) is 24.8 Å². The molecule has 2 aromatic rings. The average molecular weight is 544 g/mol. The summed E-state index contributed by atoms with van der Waals surface area (Å²) < 4.78 is 0. The molecule has 40 heavy (non-hydrogen) atoms. The number of nitrogens with one attached hydrogen (secondary N) is 1. The van der Waals surface area contributed by atoms with Gasteiger partial charge in [-0.25, -0.2) is 0 Å². The van der Waals surface area contributed by atoms with Crippen LogP contribution in [-0.2, 0) is 4.79 Å². The summed E-state index contributed by atoms with van der Waals surface area (Å²) in [6, 6.07) is 9.14. The van der Waals surface area contributed by atoms with Gasteiger partial charge in [0, 0.05) is 48.8 Å². The zero-order chi connectivity index (χ0) is 28.0. The van der Waals surface area contributed by atoms with E-state index in [1.165, 1.54) is 63.0 Å². The van der Waals surface area contributed by atoms with Crippen LogP contribution in [0.2, 0.25) is 0 Å². The third-order valence-electron chi connectivity index (χ3n) is 8.78. The number of likely N-dealkylation sites (tertiary alicyclic amines) is 2. The topological polar surface area (TPSA) is 84.4 Å². The molecule has 5 heterocycles. The summed E-state index contributed by atoms with van der Waals surface area (Å²) in [6.07, 6.45) is 14.2. The molecule has 7 nitrogen and oxygen atoms in total. The Morgan fingerprint density at radius 1 is 0.750 bits per heavy atom. The van der Waals surface area contributed by atoms with Crippen molar-refractivity contribution in [2.24, 2.45) is 17.8 Å². The van der Waals surface area contributed by atoms with Gasteiger partial charge in [-0.1, -0.05) is 13.8 Å². The van der Waals surface area contributed by atoms with E-state index in [0.717, 1.165) is 24.9 Å². The van der Waals surface area contributed by atoms with Gasteiger partial charge in [-0.3, -0.25) is 19.8 Å². The molecule has 0 amide bonds. The molecule has 3 aliphatic heterocycles. The van der Waals surface area contributed by atoms with Crippen LogP contribution in [0.1, 0.15) is 89.4 Å². The molecule has 216 valence electrons. The zero-order valence-corrected chi connectivity index (χ0v) is 25.6. The smallest absolute Gasteiger partial charge is 0.550 e. The Kier molecular flexibility index (Phi) is 16.0. The number of rotatable bonds is 5. The van der Waals surface area contributed by atoms with Crippen LogP contribution in [0.4, 0.5) is 0 Å². The van der Waals surface area contributed by atoms with E-state index in [2.05, 4.69) is 64.9 Å². The summed E-state index contributed by atoms with van der Waals surface area (Å²) in [5.41, 5.74) is 2.62. The minimum atomic E-state index is -0.902. The Hall–Kier alpha value is -1.75. The molecule has 2 aromatic heterocycles. The summed E-state index contributed by atoms with van der Waals surface area (Å²) in [6.45, 7) is 15.7. The minimum absolute atomic E-state index is 0. The molecule has 0 aromatic carbocycles. The van der Waals surface area contributed by atoms with Crippen LogP contribution in [0.25, 0.3) is 0 Å². The van der Waals surface area contributed by atoms with Gasteiger partial charge in [0.15, 0.2) is 0 Å². The van der Waals surface area contributed by atoms with Crippen LogP contribution >= 0.6 is 0 Å². The number of nitrogens with zero attached hydrogens (tertiary/aromatic N) is 4. The van der Waals surface area contributed by atoms with Gasteiger partial charge in [0.25, 0.3) is 0 Å². The molecule has 8 heteroatoms. The van der Waals surface area contributed by atoms with E-state index in [4.69, 9.17) is 0 Å².